The molecule has 2 rings (SSSR count). The van der Waals surface area contributed by atoms with Gasteiger partial charge in [0, 0.05) is 19.5 Å². The summed E-state index contributed by atoms with van der Waals surface area (Å²) in [6.45, 7) is 9.21. The highest BCUT2D eigenvalue weighted by molar-refractivity contribution is 5.90. The van der Waals surface area contributed by atoms with Gasteiger partial charge >= 0.3 is 0 Å². The van der Waals surface area contributed by atoms with Crippen molar-refractivity contribution in [2.24, 2.45) is 5.41 Å². The minimum atomic E-state index is -0.505. The molecule has 1 fully saturated rings. The summed E-state index contributed by atoms with van der Waals surface area (Å²) in [4.78, 5) is 26.5. The number of aryl methyl sites for hydroxylation is 1. The van der Waals surface area contributed by atoms with E-state index in [-0.39, 0.29) is 17.2 Å². The lowest BCUT2D eigenvalue weighted by atomic mass is 9.90. The molecule has 114 valence electrons. The first-order valence-corrected chi connectivity index (χ1v) is 7.42. The van der Waals surface area contributed by atoms with Crippen molar-refractivity contribution in [2.75, 3.05) is 13.1 Å². The largest absolute Gasteiger partial charge is 0.352 e. The fourth-order valence-corrected chi connectivity index (χ4v) is 2.57. The van der Waals surface area contributed by atoms with E-state index < -0.39 is 6.04 Å². The molecule has 1 heterocycles. The standard InChI is InChI=1S/C17H24N2O2/c1-12-5-7-13(8-6-12)15-16(21)18-9-10-19(15)14(20)11-17(2,3)4/h5-8,15H,9-11H2,1-4H3,(H,18,21). The highest BCUT2D eigenvalue weighted by Crippen LogP contribution is 2.27. The van der Waals surface area contributed by atoms with Crippen LogP contribution in [0.5, 0.6) is 0 Å². The Morgan fingerprint density at radius 3 is 2.48 bits per heavy atom. The van der Waals surface area contributed by atoms with Crippen LogP contribution in [-0.2, 0) is 9.59 Å². The van der Waals surface area contributed by atoms with E-state index >= 15 is 0 Å². The molecule has 0 radical (unpaired) electrons. The van der Waals surface area contributed by atoms with Crippen molar-refractivity contribution in [1.82, 2.24) is 10.2 Å². The predicted octanol–water partition coefficient (Wildman–Crippen LogP) is 2.43. The Kier molecular flexibility index (Phi) is 4.35. The van der Waals surface area contributed by atoms with E-state index in [9.17, 15) is 9.59 Å². The van der Waals surface area contributed by atoms with Crippen LogP contribution in [0.3, 0.4) is 0 Å². The zero-order chi connectivity index (χ0) is 15.6. The van der Waals surface area contributed by atoms with Gasteiger partial charge in [0.25, 0.3) is 0 Å². The van der Waals surface area contributed by atoms with Gasteiger partial charge in [0.15, 0.2) is 0 Å². The molecule has 4 nitrogen and oxygen atoms in total. The number of hydrogen-bond donors (Lipinski definition) is 1. The van der Waals surface area contributed by atoms with Gasteiger partial charge in [0.2, 0.25) is 11.8 Å². The summed E-state index contributed by atoms with van der Waals surface area (Å²) in [5.41, 5.74) is 1.94. The second kappa shape index (κ2) is 5.88. The smallest absolute Gasteiger partial charge is 0.247 e. The van der Waals surface area contributed by atoms with Gasteiger partial charge in [-0.05, 0) is 17.9 Å². The third-order valence-electron chi connectivity index (χ3n) is 3.61. The number of piperazine rings is 1. The molecule has 1 aliphatic rings. The Balaban J connectivity index is 2.27. The topological polar surface area (TPSA) is 49.4 Å². The quantitative estimate of drug-likeness (QED) is 0.908. The second-order valence-corrected chi connectivity index (χ2v) is 6.93. The maximum Gasteiger partial charge on any atom is 0.247 e. The molecule has 1 N–H and O–H groups in total. The number of nitrogens with zero attached hydrogens (tertiary/aromatic N) is 1. The van der Waals surface area contributed by atoms with Gasteiger partial charge in [-0.2, -0.15) is 0 Å². The molecule has 1 aromatic rings. The van der Waals surface area contributed by atoms with E-state index in [2.05, 4.69) is 5.32 Å². The lowest BCUT2D eigenvalue weighted by molar-refractivity contribution is -0.144. The number of rotatable bonds is 2. The molecule has 1 unspecified atom stereocenters. The molecule has 4 heteroatoms. The van der Waals surface area contributed by atoms with E-state index in [1.165, 1.54) is 0 Å². The molecule has 2 amide bonds. The Hall–Kier alpha value is -1.84. The molecule has 0 saturated carbocycles. The first-order valence-electron chi connectivity index (χ1n) is 7.42. The summed E-state index contributed by atoms with van der Waals surface area (Å²) >= 11 is 0. The van der Waals surface area contributed by atoms with Crippen LogP contribution in [0.1, 0.15) is 44.4 Å². The van der Waals surface area contributed by atoms with Gasteiger partial charge in [0.1, 0.15) is 6.04 Å². The Morgan fingerprint density at radius 1 is 1.29 bits per heavy atom. The molecule has 1 saturated heterocycles. The predicted molar refractivity (Wildman–Crippen MR) is 82.7 cm³/mol. The fraction of sp³-hybridized carbons (Fsp3) is 0.529. The second-order valence-electron chi connectivity index (χ2n) is 6.93. The van der Waals surface area contributed by atoms with Crippen LogP contribution in [0.2, 0.25) is 0 Å². The fourth-order valence-electron chi connectivity index (χ4n) is 2.57. The van der Waals surface area contributed by atoms with E-state index in [1.54, 1.807) is 4.90 Å². The SMILES string of the molecule is Cc1ccc(C2C(=O)NCCN2C(=O)CC(C)(C)C)cc1. The number of hydrogen-bond acceptors (Lipinski definition) is 2. The molecule has 21 heavy (non-hydrogen) atoms. The number of carbonyl (C=O) groups is 2. The zero-order valence-electron chi connectivity index (χ0n) is 13.3. The van der Waals surface area contributed by atoms with E-state index in [1.807, 2.05) is 52.0 Å². The summed E-state index contributed by atoms with van der Waals surface area (Å²) < 4.78 is 0. The number of carbonyl (C=O) groups excluding carboxylic acids is 2. The third-order valence-corrected chi connectivity index (χ3v) is 3.61. The summed E-state index contributed by atoms with van der Waals surface area (Å²) in [5, 5.41) is 2.86. The summed E-state index contributed by atoms with van der Waals surface area (Å²) in [5.74, 6) is -0.0460. The van der Waals surface area contributed by atoms with Crippen LogP contribution in [0.4, 0.5) is 0 Å². The van der Waals surface area contributed by atoms with Crippen molar-refractivity contribution in [1.29, 1.82) is 0 Å². The van der Waals surface area contributed by atoms with Gasteiger partial charge in [-0.25, -0.2) is 0 Å². The van der Waals surface area contributed by atoms with Crippen molar-refractivity contribution in [3.63, 3.8) is 0 Å². The lowest BCUT2D eigenvalue weighted by Crippen LogP contribution is -2.52. The Labute approximate surface area is 126 Å². The minimum Gasteiger partial charge on any atom is -0.352 e. The Morgan fingerprint density at radius 2 is 1.90 bits per heavy atom. The highest BCUT2D eigenvalue weighted by atomic mass is 16.2. The van der Waals surface area contributed by atoms with Crippen molar-refractivity contribution in [3.05, 3.63) is 35.4 Å². The third kappa shape index (κ3) is 3.84. The summed E-state index contributed by atoms with van der Waals surface area (Å²) in [7, 11) is 0. The lowest BCUT2D eigenvalue weighted by Gasteiger charge is -2.36. The van der Waals surface area contributed by atoms with Gasteiger partial charge in [0.05, 0.1) is 0 Å². The maximum atomic E-state index is 12.6. The van der Waals surface area contributed by atoms with Crippen molar-refractivity contribution in [2.45, 2.75) is 40.2 Å². The van der Waals surface area contributed by atoms with Crippen molar-refractivity contribution < 1.29 is 9.59 Å². The first-order chi connectivity index (χ1) is 9.78. The molecular formula is C17H24N2O2. The number of nitrogens with one attached hydrogen (secondary N) is 1. The Bertz CT molecular complexity index is 529. The monoisotopic (exact) mass is 288 g/mol. The van der Waals surface area contributed by atoms with Crippen LogP contribution in [0, 0.1) is 12.3 Å². The minimum absolute atomic E-state index is 0.0444. The summed E-state index contributed by atoms with van der Waals surface area (Å²) in [6.07, 6.45) is 0.447. The van der Waals surface area contributed by atoms with Crippen LogP contribution in [0.25, 0.3) is 0 Å². The van der Waals surface area contributed by atoms with Gasteiger partial charge < -0.3 is 10.2 Å². The first kappa shape index (κ1) is 15.5. The van der Waals surface area contributed by atoms with Crippen molar-refractivity contribution in [3.8, 4) is 0 Å². The van der Waals surface area contributed by atoms with Crippen LogP contribution >= 0.6 is 0 Å². The van der Waals surface area contributed by atoms with Crippen molar-refractivity contribution >= 4 is 11.8 Å². The molecule has 0 aliphatic carbocycles. The normalized spacial score (nSPS) is 19.3. The number of benzene rings is 1. The molecule has 1 atom stereocenters. The summed E-state index contributed by atoms with van der Waals surface area (Å²) in [6, 6.07) is 7.31. The average Bonchev–Trinajstić information content (AvgIpc) is 2.38. The number of amides is 2. The van der Waals surface area contributed by atoms with Crippen LogP contribution in [0.15, 0.2) is 24.3 Å². The zero-order valence-corrected chi connectivity index (χ0v) is 13.3. The highest BCUT2D eigenvalue weighted by Gasteiger charge is 2.35. The molecule has 0 bridgehead atoms. The average molecular weight is 288 g/mol. The van der Waals surface area contributed by atoms with Crippen LogP contribution < -0.4 is 5.32 Å². The van der Waals surface area contributed by atoms with E-state index in [4.69, 9.17) is 0 Å². The van der Waals surface area contributed by atoms with Crippen LogP contribution in [-0.4, -0.2) is 29.8 Å². The maximum absolute atomic E-state index is 12.6. The van der Waals surface area contributed by atoms with Gasteiger partial charge in [-0.1, -0.05) is 50.6 Å². The molecule has 0 spiro atoms. The van der Waals surface area contributed by atoms with Gasteiger partial charge in [-0.15, -0.1) is 0 Å². The molecule has 0 aromatic heterocycles. The molecule has 1 aromatic carbocycles. The molecular weight excluding hydrogens is 264 g/mol. The van der Waals surface area contributed by atoms with E-state index in [0.29, 0.717) is 19.5 Å². The van der Waals surface area contributed by atoms with Gasteiger partial charge in [-0.3, -0.25) is 9.59 Å². The molecule has 1 aliphatic heterocycles. The van der Waals surface area contributed by atoms with E-state index in [0.717, 1.165) is 11.1 Å².